The smallest absolute Gasteiger partial charge is 0.339 e. The SMILES string of the molecule is CC(=N)c1cc2c(-c3ccccc3)c(C)c(=O)oc2c(C)c1O. The highest BCUT2D eigenvalue weighted by Crippen LogP contribution is 2.36. The molecule has 116 valence electrons. The summed E-state index contributed by atoms with van der Waals surface area (Å²) in [5.41, 5.74) is 3.32. The van der Waals surface area contributed by atoms with Crippen molar-refractivity contribution in [2.45, 2.75) is 20.8 Å². The van der Waals surface area contributed by atoms with Crippen LogP contribution in [-0.2, 0) is 0 Å². The molecule has 23 heavy (non-hydrogen) atoms. The molecule has 0 aliphatic rings. The van der Waals surface area contributed by atoms with Gasteiger partial charge in [-0.1, -0.05) is 30.3 Å². The van der Waals surface area contributed by atoms with Crippen LogP contribution in [0, 0.1) is 19.3 Å². The maximum absolute atomic E-state index is 12.2. The molecule has 0 unspecified atom stereocenters. The van der Waals surface area contributed by atoms with Gasteiger partial charge in [0.25, 0.3) is 0 Å². The lowest BCUT2D eigenvalue weighted by atomic mass is 9.93. The molecule has 2 aromatic carbocycles. The molecule has 3 aromatic rings. The fourth-order valence-electron chi connectivity index (χ4n) is 2.84. The van der Waals surface area contributed by atoms with Gasteiger partial charge in [-0.3, -0.25) is 0 Å². The van der Waals surface area contributed by atoms with Crippen LogP contribution in [0.3, 0.4) is 0 Å². The highest BCUT2D eigenvalue weighted by Gasteiger charge is 2.19. The van der Waals surface area contributed by atoms with E-state index in [1.165, 1.54) is 0 Å². The molecule has 0 radical (unpaired) electrons. The first-order chi connectivity index (χ1) is 10.9. The third-order valence-electron chi connectivity index (χ3n) is 4.10. The van der Waals surface area contributed by atoms with Crippen LogP contribution >= 0.6 is 0 Å². The standard InChI is InChI=1S/C19H17NO3/c1-10-16(13-7-5-4-6-8-13)15-9-14(12(3)20)17(21)11(2)18(15)23-19(10)22/h4-9,20-21H,1-3H3. The Labute approximate surface area is 133 Å². The van der Waals surface area contributed by atoms with Gasteiger partial charge in [-0.15, -0.1) is 0 Å². The van der Waals surface area contributed by atoms with Gasteiger partial charge in [0.1, 0.15) is 11.3 Å². The van der Waals surface area contributed by atoms with Crippen molar-refractivity contribution in [3.05, 3.63) is 63.5 Å². The zero-order valence-corrected chi connectivity index (χ0v) is 13.2. The van der Waals surface area contributed by atoms with Crippen molar-refractivity contribution in [1.82, 2.24) is 0 Å². The van der Waals surface area contributed by atoms with Gasteiger partial charge in [-0.05, 0) is 32.4 Å². The summed E-state index contributed by atoms with van der Waals surface area (Å²) in [6, 6.07) is 11.3. The van der Waals surface area contributed by atoms with Crippen LogP contribution in [0.4, 0.5) is 0 Å². The lowest BCUT2D eigenvalue weighted by Gasteiger charge is -2.14. The van der Waals surface area contributed by atoms with Crippen molar-refractivity contribution in [3.63, 3.8) is 0 Å². The number of hydrogen-bond acceptors (Lipinski definition) is 4. The van der Waals surface area contributed by atoms with Crippen molar-refractivity contribution in [2.24, 2.45) is 0 Å². The number of fused-ring (bicyclic) bond motifs is 1. The van der Waals surface area contributed by atoms with E-state index in [9.17, 15) is 9.90 Å². The minimum atomic E-state index is -0.418. The highest BCUT2D eigenvalue weighted by molar-refractivity contribution is 6.06. The number of benzene rings is 2. The summed E-state index contributed by atoms with van der Waals surface area (Å²) in [7, 11) is 0. The predicted octanol–water partition coefficient (Wildman–Crippen LogP) is 4.17. The summed E-state index contributed by atoms with van der Waals surface area (Å²) in [6.07, 6.45) is 0. The zero-order chi connectivity index (χ0) is 16.7. The van der Waals surface area contributed by atoms with Gasteiger partial charge >= 0.3 is 5.63 Å². The lowest BCUT2D eigenvalue weighted by molar-refractivity contribution is 0.467. The minimum absolute atomic E-state index is 0.0176. The Hall–Kier alpha value is -2.88. The average molecular weight is 307 g/mol. The van der Waals surface area contributed by atoms with E-state index >= 15 is 0 Å². The molecule has 1 heterocycles. The van der Waals surface area contributed by atoms with Crippen molar-refractivity contribution in [1.29, 1.82) is 5.41 Å². The van der Waals surface area contributed by atoms with Crippen LogP contribution in [0.1, 0.15) is 23.6 Å². The third kappa shape index (κ3) is 2.32. The summed E-state index contributed by atoms with van der Waals surface area (Å²) in [6.45, 7) is 5.04. The Bertz CT molecular complexity index is 985. The molecule has 0 saturated heterocycles. The molecule has 0 bridgehead atoms. The summed E-state index contributed by atoms with van der Waals surface area (Å²) < 4.78 is 5.41. The first-order valence-electron chi connectivity index (χ1n) is 7.32. The van der Waals surface area contributed by atoms with Crippen LogP contribution in [0.2, 0.25) is 0 Å². The monoisotopic (exact) mass is 307 g/mol. The predicted molar refractivity (Wildman–Crippen MR) is 91.6 cm³/mol. The lowest BCUT2D eigenvalue weighted by Crippen LogP contribution is -2.07. The van der Waals surface area contributed by atoms with Crippen LogP contribution in [0.25, 0.3) is 22.1 Å². The van der Waals surface area contributed by atoms with E-state index < -0.39 is 5.63 Å². The normalized spacial score (nSPS) is 10.9. The van der Waals surface area contributed by atoms with Crippen LogP contribution in [0.15, 0.2) is 45.6 Å². The van der Waals surface area contributed by atoms with Crippen molar-refractivity contribution in [3.8, 4) is 16.9 Å². The fraction of sp³-hybridized carbons (Fsp3) is 0.158. The molecule has 0 saturated carbocycles. The Kier molecular flexibility index (Phi) is 3.52. The van der Waals surface area contributed by atoms with E-state index in [1.807, 2.05) is 30.3 Å². The number of phenols is 1. The number of aryl methyl sites for hydroxylation is 1. The molecular weight excluding hydrogens is 290 g/mol. The highest BCUT2D eigenvalue weighted by atomic mass is 16.4. The molecule has 0 spiro atoms. The van der Waals surface area contributed by atoms with Crippen molar-refractivity contribution >= 4 is 16.7 Å². The Morgan fingerprint density at radius 3 is 2.39 bits per heavy atom. The number of aromatic hydroxyl groups is 1. The Morgan fingerprint density at radius 1 is 1.13 bits per heavy atom. The second kappa shape index (κ2) is 5.39. The molecule has 1 aromatic heterocycles. The summed E-state index contributed by atoms with van der Waals surface area (Å²) in [5, 5.41) is 18.9. The summed E-state index contributed by atoms with van der Waals surface area (Å²) in [4.78, 5) is 12.2. The van der Waals surface area contributed by atoms with Gasteiger partial charge in [0, 0.05) is 33.4 Å². The number of rotatable bonds is 2. The fourth-order valence-corrected chi connectivity index (χ4v) is 2.84. The summed E-state index contributed by atoms with van der Waals surface area (Å²) in [5.74, 6) is -0.0176. The summed E-state index contributed by atoms with van der Waals surface area (Å²) >= 11 is 0. The van der Waals surface area contributed by atoms with Gasteiger partial charge in [0.05, 0.1) is 0 Å². The molecular formula is C19H17NO3. The molecule has 2 N–H and O–H groups in total. The molecule has 0 amide bonds. The van der Waals surface area contributed by atoms with Gasteiger partial charge in [0.15, 0.2) is 0 Å². The maximum atomic E-state index is 12.2. The van der Waals surface area contributed by atoms with Crippen LogP contribution in [-0.4, -0.2) is 10.8 Å². The second-order valence-corrected chi connectivity index (χ2v) is 5.65. The molecule has 0 aliphatic heterocycles. The average Bonchev–Trinajstić information content (AvgIpc) is 2.53. The molecule has 3 rings (SSSR count). The third-order valence-corrected chi connectivity index (χ3v) is 4.10. The quantitative estimate of drug-likeness (QED) is 0.551. The Morgan fingerprint density at radius 2 is 1.78 bits per heavy atom. The van der Waals surface area contributed by atoms with Gasteiger partial charge in [-0.25, -0.2) is 4.79 Å². The van der Waals surface area contributed by atoms with Gasteiger partial charge < -0.3 is 14.9 Å². The largest absolute Gasteiger partial charge is 0.507 e. The second-order valence-electron chi connectivity index (χ2n) is 5.65. The van der Waals surface area contributed by atoms with Crippen molar-refractivity contribution < 1.29 is 9.52 Å². The van der Waals surface area contributed by atoms with E-state index in [1.54, 1.807) is 26.8 Å². The first-order valence-corrected chi connectivity index (χ1v) is 7.32. The topological polar surface area (TPSA) is 74.3 Å². The Balaban J connectivity index is 2.55. The van der Waals surface area contributed by atoms with E-state index in [-0.39, 0.29) is 11.5 Å². The molecule has 0 atom stereocenters. The van der Waals surface area contributed by atoms with Gasteiger partial charge in [-0.2, -0.15) is 0 Å². The number of hydrogen-bond donors (Lipinski definition) is 2. The molecule has 0 aliphatic carbocycles. The number of phenolic OH excluding ortho intramolecular Hbond substituents is 1. The number of nitrogens with one attached hydrogen (secondary N) is 1. The molecule has 0 fully saturated rings. The van der Waals surface area contributed by atoms with E-state index in [0.29, 0.717) is 22.3 Å². The molecule has 4 heteroatoms. The zero-order valence-electron chi connectivity index (χ0n) is 13.2. The van der Waals surface area contributed by atoms with Crippen molar-refractivity contribution in [2.75, 3.05) is 0 Å². The van der Waals surface area contributed by atoms with Gasteiger partial charge in [0.2, 0.25) is 0 Å². The first kappa shape index (κ1) is 15.0. The van der Waals surface area contributed by atoms with E-state index in [4.69, 9.17) is 9.83 Å². The van der Waals surface area contributed by atoms with E-state index in [2.05, 4.69) is 0 Å². The minimum Gasteiger partial charge on any atom is -0.507 e. The van der Waals surface area contributed by atoms with Crippen LogP contribution < -0.4 is 5.63 Å². The van der Waals surface area contributed by atoms with Crippen LogP contribution in [0.5, 0.6) is 5.75 Å². The van der Waals surface area contributed by atoms with E-state index in [0.717, 1.165) is 16.5 Å². The maximum Gasteiger partial charge on any atom is 0.339 e. The molecule has 4 nitrogen and oxygen atoms in total.